The minimum absolute atomic E-state index is 0. The Hall–Kier alpha value is -1.99. The van der Waals surface area contributed by atoms with Gasteiger partial charge in [-0.25, -0.2) is 0 Å². The summed E-state index contributed by atoms with van der Waals surface area (Å²) in [5, 5.41) is 24.5. The number of rotatable bonds is 8. The maximum Gasteiger partial charge on any atom is 1.00 e. The predicted octanol–water partition coefficient (Wildman–Crippen LogP) is -6.04. The van der Waals surface area contributed by atoms with Crippen LogP contribution in [0.5, 0.6) is 0 Å². The van der Waals surface area contributed by atoms with Gasteiger partial charge in [0, 0.05) is 72.7 Å². The molecule has 14 heteroatoms. The molecule has 2 aromatic heterocycles. The van der Waals surface area contributed by atoms with Crippen LogP contribution in [0.3, 0.4) is 0 Å². The van der Waals surface area contributed by atoms with E-state index in [1.54, 1.807) is 12.4 Å². The molecule has 0 saturated carbocycles. The molecule has 0 bridgehead atoms. The van der Waals surface area contributed by atoms with E-state index in [9.17, 15) is 39.0 Å². The number of carboxylic acid groups (broad SMARTS) is 2. The van der Waals surface area contributed by atoms with Crippen molar-refractivity contribution in [3.63, 3.8) is 0 Å². The number of para-hydroxylation sites is 2. The SMILES string of the molecule is O=C([O-])C(Cc1c[nH]c2ccccc12)N1C(=O)CCC1=O.O=C([O-])C(Cc1c[nH]c2ccccc12)N1C(=O)CCC1=O.[K+].[K+]. The number of H-pyrrole nitrogens is 2. The zero-order valence-corrected chi connectivity index (χ0v) is 30.6. The first-order valence-electron chi connectivity index (χ1n) is 13.4. The summed E-state index contributed by atoms with van der Waals surface area (Å²) in [5.74, 6) is -4.63. The van der Waals surface area contributed by atoms with Crippen LogP contribution in [0.2, 0.25) is 0 Å². The van der Waals surface area contributed by atoms with Crippen molar-refractivity contribution in [1.29, 1.82) is 0 Å². The molecule has 216 valence electrons. The number of nitrogens with one attached hydrogen (secondary N) is 2. The number of aromatic nitrogens is 2. The van der Waals surface area contributed by atoms with Gasteiger partial charge in [0.2, 0.25) is 23.6 Å². The Morgan fingerprint density at radius 3 is 1.25 bits per heavy atom. The van der Waals surface area contributed by atoms with E-state index < -0.39 is 47.7 Å². The van der Waals surface area contributed by atoms with Crippen LogP contribution in [0.4, 0.5) is 0 Å². The van der Waals surface area contributed by atoms with Gasteiger partial charge in [0.15, 0.2) is 0 Å². The molecular weight excluding hydrogens is 623 g/mol. The van der Waals surface area contributed by atoms with E-state index in [4.69, 9.17) is 0 Å². The molecule has 2 aliphatic heterocycles. The first kappa shape index (κ1) is 36.5. The first-order chi connectivity index (χ1) is 20.2. The van der Waals surface area contributed by atoms with Crippen molar-refractivity contribution in [2.45, 2.75) is 50.6 Å². The van der Waals surface area contributed by atoms with Crippen molar-refractivity contribution >= 4 is 57.4 Å². The molecule has 12 nitrogen and oxygen atoms in total. The quantitative estimate of drug-likeness (QED) is 0.140. The summed E-state index contributed by atoms with van der Waals surface area (Å²) in [7, 11) is 0. The van der Waals surface area contributed by atoms with E-state index in [1.807, 2.05) is 48.5 Å². The van der Waals surface area contributed by atoms with Gasteiger partial charge >= 0.3 is 103 Å². The van der Waals surface area contributed by atoms with Gasteiger partial charge in [0.05, 0.1) is 24.0 Å². The topological polar surface area (TPSA) is 187 Å². The third-order valence-corrected chi connectivity index (χ3v) is 7.52. The molecule has 0 spiro atoms. The van der Waals surface area contributed by atoms with Crippen LogP contribution in [-0.2, 0) is 41.6 Å². The van der Waals surface area contributed by atoms with Gasteiger partial charge in [0.25, 0.3) is 0 Å². The van der Waals surface area contributed by atoms with Crippen molar-refractivity contribution in [3.8, 4) is 0 Å². The smallest absolute Gasteiger partial charge is 0.548 e. The monoisotopic (exact) mass is 648 g/mol. The number of aromatic amines is 2. The van der Waals surface area contributed by atoms with E-state index in [0.717, 1.165) is 42.7 Å². The van der Waals surface area contributed by atoms with Gasteiger partial charge in [0.1, 0.15) is 0 Å². The van der Waals surface area contributed by atoms with Crippen LogP contribution in [0.25, 0.3) is 21.8 Å². The van der Waals surface area contributed by atoms with Gasteiger partial charge in [-0.05, 0) is 23.3 Å². The largest absolute Gasteiger partial charge is 1.00 e. The molecular formula is C30H26K2N4O8. The van der Waals surface area contributed by atoms with Gasteiger partial charge in [-0.2, -0.15) is 0 Å². The van der Waals surface area contributed by atoms with Crippen molar-refractivity contribution in [3.05, 3.63) is 72.1 Å². The second kappa shape index (κ2) is 16.0. The Morgan fingerprint density at radius 2 is 0.932 bits per heavy atom. The standard InChI is InChI=1S/2C15H14N2O4.2K/c2*18-13-5-6-14(19)17(13)12(15(20)21)7-9-8-16-11-4-2-1-3-10(9)11;;/h2*1-4,8,12,16H,5-7H2,(H,20,21);;/q;;2*+1/p-2. The molecule has 4 heterocycles. The molecule has 2 aliphatic rings. The molecule has 2 N–H and O–H groups in total. The van der Waals surface area contributed by atoms with E-state index in [-0.39, 0.29) is 141 Å². The number of carboxylic acids is 2. The summed E-state index contributed by atoms with van der Waals surface area (Å²) < 4.78 is 0. The molecule has 4 aromatic rings. The fourth-order valence-electron chi connectivity index (χ4n) is 5.46. The van der Waals surface area contributed by atoms with Gasteiger partial charge < -0.3 is 29.8 Å². The number of carbonyl (C=O) groups excluding carboxylic acids is 6. The first-order valence-corrected chi connectivity index (χ1v) is 13.4. The molecule has 0 aliphatic carbocycles. The van der Waals surface area contributed by atoms with Crippen molar-refractivity contribution in [2.24, 2.45) is 0 Å². The second-order valence-corrected chi connectivity index (χ2v) is 10.1. The Labute approximate surface area is 336 Å². The van der Waals surface area contributed by atoms with E-state index >= 15 is 0 Å². The Bertz CT molecular complexity index is 1570. The normalized spacial score (nSPS) is 15.9. The number of likely N-dealkylation sites (tertiary alicyclic amines) is 2. The molecule has 2 unspecified atom stereocenters. The van der Waals surface area contributed by atoms with Gasteiger partial charge in [-0.3, -0.25) is 29.0 Å². The molecule has 0 radical (unpaired) electrons. The maximum atomic E-state index is 11.7. The fraction of sp³-hybridized carbons (Fsp3) is 0.267. The number of hydrogen-bond donors (Lipinski definition) is 2. The summed E-state index contributed by atoms with van der Waals surface area (Å²) in [6.07, 6.45) is 3.75. The third-order valence-electron chi connectivity index (χ3n) is 7.52. The average Bonchev–Trinajstić information content (AvgIpc) is 3.73. The molecule has 2 saturated heterocycles. The number of benzene rings is 2. The summed E-state index contributed by atoms with van der Waals surface area (Å²) in [6, 6.07) is 12.4. The predicted molar refractivity (Wildman–Crippen MR) is 144 cm³/mol. The van der Waals surface area contributed by atoms with Crippen molar-refractivity contribution in [1.82, 2.24) is 19.8 Å². The van der Waals surface area contributed by atoms with Crippen LogP contribution in [0, 0.1) is 0 Å². The van der Waals surface area contributed by atoms with Crippen molar-refractivity contribution in [2.75, 3.05) is 0 Å². The number of imide groups is 2. The van der Waals surface area contributed by atoms with Gasteiger partial charge in [-0.15, -0.1) is 0 Å². The number of amides is 4. The second-order valence-electron chi connectivity index (χ2n) is 10.1. The zero-order valence-electron chi connectivity index (χ0n) is 24.3. The molecule has 44 heavy (non-hydrogen) atoms. The van der Waals surface area contributed by atoms with Crippen LogP contribution >= 0.6 is 0 Å². The third kappa shape index (κ3) is 7.86. The van der Waals surface area contributed by atoms with E-state index in [0.29, 0.717) is 0 Å². The number of nitrogens with zero attached hydrogens (tertiary/aromatic N) is 2. The summed E-state index contributed by atoms with van der Waals surface area (Å²) >= 11 is 0. The van der Waals surface area contributed by atoms with Crippen LogP contribution < -0.4 is 113 Å². The molecule has 2 aromatic carbocycles. The zero-order chi connectivity index (χ0) is 30.0. The number of aliphatic carboxylic acids is 2. The molecule has 2 fully saturated rings. The molecule has 2 atom stereocenters. The number of fused-ring (bicyclic) bond motifs is 2. The Balaban J connectivity index is 0.000000230. The van der Waals surface area contributed by atoms with Crippen LogP contribution in [0.1, 0.15) is 36.8 Å². The summed E-state index contributed by atoms with van der Waals surface area (Å²) in [5.41, 5.74) is 3.24. The number of hydrogen-bond acceptors (Lipinski definition) is 8. The fourth-order valence-corrected chi connectivity index (χ4v) is 5.46. The maximum absolute atomic E-state index is 11.7. The average molecular weight is 649 g/mol. The van der Waals surface area contributed by atoms with E-state index in [1.165, 1.54) is 0 Å². The number of carbonyl (C=O) groups is 6. The van der Waals surface area contributed by atoms with Gasteiger partial charge in [-0.1, -0.05) is 36.4 Å². The van der Waals surface area contributed by atoms with E-state index in [2.05, 4.69) is 9.97 Å². The molecule has 6 rings (SSSR count). The summed E-state index contributed by atoms with van der Waals surface area (Å²) in [4.78, 5) is 77.4. The minimum atomic E-state index is -1.41. The minimum Gasteiger partial charge on any atom is -0.548 e. The Morgan fingerprint density at radius 1 is 0.614 bits per heavy atom. The van der Waals surface area contributed by atoms with Crippen LogP contribution in [-0.4, -0.2) is 67.4 Å². The summed E-state index contributed by atoms with van der Waals surface area (Å²) in [6.45, 7) is 0. The Kier molecular flexibility index (Phi) is 13.3. The van der Waals surface area contributed by atoms with Crippen LogP contribution in [0.15, 0.2) is 60.9 Å². The molecule has 4 amide bonds. The van der Waals surface area contributed by atoms with Crippen molar-refractivity contribution < 1.29 is 142 Å².